The highest BCUT2D eigenvalue weighted by Crippen LogP contribution is 2.34. The summed E-state index contributed by atoms with van der Waals surface area (Å²) in [4.78, 5) is 0. The SMILES string of the molecule is CCC/C(C#N)=C(/Cl)c1ccc(Br)cc1OC. The van der Waals surface area contributed by atoms with E-state index >= 15 is 0 Å². The molecule has 0 bridgehead atoms. The molecule has 1 aromatic rings. The molecule has 0 aliphatic rings. The summed E-state index contributed by atoms with van der Waals surface area (Å²) in [6.07, 6.45) is 1.56. The second-order valence-electron chi connectivity index (χ2n) is 3.50. The van der Waals surface area contributed by atoms with Gasteiger partial charge in [0, 0.05) is 15.6 Å². The van der Waals surface area contributed by atoms with Gasteiger partial charge in [0.2, 0.25) is 0 Å². The molecule has 1 rings (SSSR count). The predicted octanol–water partition coefficient (Wildman–Crippen LogP) is 4.73. The molecule has 0 amide bonds. The summed E-state index contributed by atoms with van der Waals surface area (Å²) in [7, 11) is 1.58. The van der Waals surface area contributed by atoms with Crippen LogP contribution in [0.1, 0.15) is 25.3 Å². The van der Waals surface area contributed by atoms with Crippen molar-refractivity contribution in [3.05, 3.63) is 33.8 Å². The van der Waals surface area contributed by atoms with Crippen molar-refractivity contribution in [2.45, 2.75) is 19.8 Å². The molecule has 90 valence electrons. The average molecular weight is 315 g/mol. The van der Waals surface area contributed by atoms with E-state index in [4.69, 9.17) is 21.6 Å². The number of ether oxygens (including phenoxy) is 1. The van der Waals surface area contributed by atoms with E-state index in [0.717, 1.165) is 16.5 Å². The van der Waals surface area contributed by atoms with Gasteiger partial charge in [-0.3, -0.25) is 0 Å². The highest BCUT2D eigenvalue weighted by atomic mass is 79.9. The molecule has 1 aromatic carbocycles. The van der Waals surface area contributed by atoms with Crippen molar-refractivity contribution in [1.29, 1.82) is 5.26 Å². The van der Waals surface area contributed by atoms with Crippen LogP contribution in [0.15, 0.2) is 28.2 Å². The Kier molecular flexibility index (Phi) is 5.54. The minimum absolute atomic E-state index is 0.471. The molecule has 0 saturated heterocycles. The van der Waals surface area contributed by atoms with E-state index in [1.165, 1.54) is 0 Å². The van der Waals surface area contributed by atoms with Gasteiger partial charge in [-0.2, -0.15) is 5.26 Å². The van der Waals surface area contributed by atoms with Crippen molar-refractivity contribution >= 4 is 32.6 Å². The Bertz CT molecular complexity index is 477. The first-order chi connectivity index (χ1) is 8.13. The van der Waals surface area contributed by atoms with Gasteiger partial charge < -0.3 is 4.74 Å². The Balaban J connectivity index is 3.28. The van der Waals surface area contributed by atoms with Gasteiger partial charge in [0.05, 0.1) is 18.2 Å². The number of methoxy groups -OCH3 is 1. The third kappa shape index (κ3) is 3.49. The number of hydrogen-bond donors (Lipinski definition) is 0. The van der Waals surface area contributed by atoms with Gasteiger partial charge in [-0.1, -0.05) is 40.9 Å². The normalized spacial score (nSPS) is 11.7. The van der Waals surface area contributed by atoms with Crippen LogP contribution in [-0.4, -0.2) is 7.11 Å². The van der Waals surface area contributed by atoms with Crippen LogP contribution >= 0.6 is 27.5 Å². The first-order valence-electron chi connectivity index (χ1n) is 5.26. The van der Waals surface area contributed by atoms with Gasteiger partial charge >= 0.3 is 0 Å². The molecule has 0 fully saturated rings. The van der Waals surface area contributed by atoms with Crippen LogP contribution in [0.3, 0.4) is 0 Å². The van der Waals surface area contributed by atoms with Gasteiger partial charge in [0.15, 0.2) is 0 Å². The van der Waals surface area contributed by atoms with Crippen molar-refractivity contribution in [2.24, 2.45) is 0 Å². The highest BCUT2D eigenvalue weighted by molar-refractivity contribution is 9.10. The lowest BCUT2D eigenvalue weighted by Crippen LogP contribution is -1.91. The molecule has 0 spiro atoms. The van der Waals surface area contributed by atoms with Gasteiger partial charge in [0.25, 0.3) is 0 Å². The fourth-order valence-electron chi connectivity index (χ4n) is 1.47. The lowest BCUT2D eigenvalue weighted by molar-refractivity contribution is 0.413. The minimum atomic E-state index is 0.471. The first-order valence-corrected chi connectivity index (χ1v) is 6.43. The standard InChI is InChI=1S/C13H13BrClNO/c1-3-4-9(8-16)13(15)11-6-5-10(14)7-12(11)17-2/h5-7H,3-4H2,1-2H3/b13-9-. The van der Waals surface area contributed by atoms with E-state index in [2.05, 4.69) is 22.0 Å². The van der Waals surface area contributed by atoms with E-state index in [-0.39, 0.29) is 0 Å². The monoisotopic (exact) mass is 313 g/mol. The lowest BCUT2D eigenvalue weighted by Gasteiger charge is -2.09. The van der Waals surface area contributed by atoms with Crippen LogP contribution in [0.25, 0.3) is 5.03 Å². The molecular formula is C13H13BrClNO. The van der Waals surface area contributed by atoms with E-state index in [0.29, 0.717) is 22.8 Å². The quantitative estimate of drug-likeness (QED) is 0.753. The summed E-state index contributed by atoms with van der Waals surface area (Å²) in [5, 5.41) is 9.54. The molecule has 0 atom stereocenters. The molecule has 0 aliphatic carbocycles. The van der Waals surface area contributed by atoms with E-state index in [9.17, 15) is 0 Å². The zero-order valence-electron chi connectivity index (χ0n) is 9.76. The fourth-order valence-corrected chi connectivity index (χ4v) is 2.11. The van der Waals surface area contributed by atoms with Gasteiger partial charge in [-0.25, -0.2) is 0 Å². The van der Waals surface area contributed by atoms with Gasteiger partial charge in [-0.15, -0.1) is 0 Å². The second-order valence-corrected chi connectivity index (χ2v) is 4.79. The summed E-state index contributed by atoms with van der Waals surface area (Å²) in [5.41, 5.74) is 1.34. The Morgan fingerprint density at radius 2 is 2.24 bits per heavy atom. The fraction of sp³-hybridized carbons (Fsp3) is 0.308. The molecule has 4 heteroatoms. The summed E-state index contributed by atoms with van der Waals surface area (Å²) >= 11 is 9.62. The Hall–Kier alpha value is -0.980. The Morgan fingerprint density at radius 3 is 2.76 bits per heavy atom. The third-order valence-corrected chi connectivity index (χ3v) is 3.22. The summed E-state index contributed by atoms with van der Waals surface area (Å²) in [6, 6.07) is 7.70. The maximum absolute atomic E-state index is 9.06. The lowest BCUT2D eigenvalue weighted by atomic mass is 10.1. The molecule has 0 aromatic heterocycles. The van der Waals surface area contributed by atoms with Crippen LogP contribution in [0.5, 0.6) is 5.75 Å². The number of nitrogens with zero attached hydrogens (tertiary/aromatic N) is 1. The first kappa shape index (κ1) is 14.1. The molecule has 2 nitrogen and oxygen atoms in total. The maximum atomic E-state index is 9.06. The second kappa shape index (κ2) is 6.68. The summed E-state index contributed by atoms with van der Waals surface area (Å²) in [5.74, 6) is 0.660. The number of rotatable bonds is 4. The van der Waals surface area contributed by atoms with Crippen molar-refractivity contribution in [2.75, 3.05) is 7.11 Å². The Labute approximate surface area is 115 Å². The number of hydrogen-bond acceptors (Lipinski definition) is 2. The maximum Gasteiger partial charge on any atom is 0.128 e. The van der Waals surface area contributed by atoms with E-state index in [1.54, 1.807) is 7.11 Å². The van der Waals surface area contributed by atoms with Gasteiger partial charge in [-0.05, 0) is 24.6 Å². The molecule has 0 aliphatic heterocycles. The summed E-state index contributed by atoms with van der Waals surface area (Å²) < 4.78 is 6.18. The van der Waals surface area contributed by atoms with Crippen LogP contribution in [0.4, 0.5) is 0 Å². The van der Waals surface area contributed by atoms with E-state index < -0.39 is 0 Å². The van der Waals surface area contributed by atoms with Crippen LogP contribution in [-0.2, 0) is 0 Å². The minimum Gasteiger partial charge on any atom is -0.496 e. The molecule has 0 heterocycles. The number of benzene rings is 1. The number of allylic oxidation sites excluding steroid dienone is 1. The van der Waals surface area contributed by atoms with Crippen molar-refractivity contribution < 1.29 is 4.74 Å². The Morgan fingerprint density at radius 1 is 1.53 bits per heavy atom. The molecular weight excluding hydrogens is 302 g/mol. The van der Waals surface area contributed by atoms with Gasteiger partial charge in [0.1, 0.15) is 5.75 Å². The molecule has 17 heavy (non-hydrogen) atoms. The molecule has 0 N–H and O–H groups in total. The van der Waals surface area contributed by atoms with Crippen molar-refractivity contribution in [3.63, 3.8) is 0 Å². The van der Waals surface area contributed by atoms with Crippen LogP contribution in [0, 0.1) is 11.3 Å². The zero-order valence-corrected chi connectivity index (χ0v) is 12.1. The predicted molar refractivity (Wildman–Crippen MR) is 74.0 cm³/mol. The smallest absolute Gasteiger partial charge is 0.128 e. The molecule has 0 unspecified atom stereocenters. The van der Waals surface area contributed by atoms with Crippen LogP contribution in [0.2, 0.25) is 0 Å². The average Bonchev–Trinajstić information content (AvgIpc) is 2.34. The number of halogens is 2. The topological polar surface area (TPSA) is 33.0 Å². The highest BCUT2D eigenvalue weighted by Gasteiger charge is 2.11. The van der Waals surface area contributed by atoms with Crippen LogP contribution < -0.4 is 4.74 Å². The largest absolute Gasteiger partial charge is 0.496 e. The van der Waals surface area contributed by atoms with Crippen molar-refractivity contribution in [3.8, 4) is 11.8 Å². The molecule has 0 radical (unpaired) electrons. The summed E-state index contributed by atoms with van der Waals surface area (Å²) in [6.45, 7) is 2.01. The molecule has 0 saturated carbocycles. The van der Waals surface area contributed by atoms with E-state index in [1.807, 2.05) is 25.1 Å². The van der Waals surface area contributed by atoms with Crippen molar-refractivity contribution in [1.82, 2.24) is 0 Å². The zero-order chi connectivity index (χ0) is 12.8. The number of nitriles is 1. The third-order valence-electron chi connectivity index (χ3n) is 2.30.